The Labute approximate surface area is 147 Å². The number of nitrogens with zero attached hydrogens (tertiary/aromatic N) is 2. The van der Waals surface area contributed by atoms with Crippen LogP contribution in [0, 0.1) is 5.82 Å². The molecular formula is C17H12Cl2FN3O. The van der Waals surface area contributed by atoms with Crippen molar-refractivity contribution >= 4 is 34.9 Å². The molecule has 122 valence electrons. The maximum absolute atomic E-state index is 12.9. The molecule has 1 amide bonds. The maximum atomic E-state index is 12.9. The molecule has 0 aliphatic carbocycles. The number of anilines is 1. The molecule has 0 unspecified atom stereocenters. The van der Waals surface area contributed by atoms with Crippen molar-refractivity contribution in [2.24, 2.45) is 0 Å². The zero-order valence-electron chi connectivity index (χ0n) is 12.3. The summed E-state index contributed by atoms with van der Waals surface area (Å²) in [7, 11) is 0. The lowest BCUT2D eigenvalue weighted by atomic mass is 10.2. The maximum Gasteiger partial charge on any atom is 0.256 e. The van der Waals surface area contributed by atoms with E-state index in [9.17, 15) is 9.18 Å². The molecule has 2 aromatic carbocycles. The van der Waals surface area contributed by atoms with E-state index in [0.717, 1.165) is 5.56 Å². The minimum Gasteiger partial charge on any atom is -0.304 e. The molecule has 0 bridgehead atoms. The van der Waals surface area contributed by atoms with Crippen molar-refractivity contribution < 1.29 is 9.18 Å². The van der Waals surface area contributed by atoms with E-state index < -0.39 is 11.7 Å². The smallest absolute Gasteiger partial charge is 0.256 e. The fraction of sp³-hybridized carbons (Fsp3) is 0.0588. The van der Waals surface area contributed by atoms with E-state index in [1.165, 1.54) is 24.3 Å². The lowest BCUT2D eigenvalue weighted by Gasteiger charge is -2.04. The van der Waals surface area contributed by atoms with Gasteiger partial charge in [0.1, 0.15) is 10.8 Å². The number of halogens is 3. The van der Waals surface area contributed by atoms with Crippen LogP contribution in [0.5, 0.6) is 0 Å². The Morgan fingerprint density at radius 2 is 1.79 bits per heavy atom. The highest BCUT2D eigenvalue weighted by atomic mass is 35.5. The molecule has 3 rings (SSSR count). The van der Waals surface area contributed by atoms with Gasteiger partial charge in [-0.25, -0.2) is 4.39 Å². The molecule has 1 heterocycles. The summed E-state index contributed by atoms with van der Waals surface area (Å²) >= 11 is 12.2. The number of aromatic nitrogens is 2. The minimum absolute atomic E-state index is 0.234. The number of hydrogen-bond donors (Lipinski definition) is 1. The minimum atomic E-state index is -0.417. The Bertz CT molecular complexity index is 878. The molecule has 1 aromatic heterocycles. The highest BCUT2D eigenvalue weighted by Gasteiger charge is 2.13. The summed E-state index contributed by atoms with van der Waals surface area (Å²) in [5, 5.41) is 7.79. The molecule has 0 spiro atoms. The largest absolute Gasteiger partial charge is 0.304 e. The van der Waals surface area contributed by atoms with Gasteiger partial charge >= 0.3 is 0 Å². The second-order valence-electron chi connectivity index (χ2n) is 5.08. The third-order valence-electron chi connectivity index (χ3n) is 3.35. The van der Waals surface area contributed by atoms with Crippen LogP contribution in [0.1, 0.15) is 15.9 Å². The molecule has 4 nitrogen and oxygen atoms in total. The van der Waals surface area contributed by atoms with Crippen molar-refractivity contribution in [3.63, 3.8) is 0 Å². The Hall–Kier alpha value is -2.37. The summed E-state index contributed by atoms with van der Waals surface area (Å²) in [6.07, 6.45) is 1.60. The summed E-state index contributed by atoms with van der Waals surface area (Å²) in [6.45, 7) is 0.422. The van der Waals surface area contributed by atoms with Gasteiger partial charge in [-0.05, 0) is 35.9 Å². The van der Waals surface area contributed by atoms with Crippen LogP contribution in [-0.2, 0) is 6.54 Å². The van der Waals surface area contributed by atoms with Crippen molar-refractivity contribution in [1.29, 1.82) is 0 Å². The second-order valence-corrected chi connectivity index (χ2v) is 5.89. The fourth-order valence-corrected chi connectivity index (χ4v) is 2.54. The highest BCUT2D eigenvalue weighted by Crippen LogP contribution is 2.22. The van der Waals surface area contributed by atoms with Crippen LogP contribution < -0.4 is 5.32 Å². The van der Waals surface area contributed by atoms with Crippen LogP contribution >= 0.6 is 23.2 Å². The molecule has 0 saturated heterocycles. The first-order valence-electron chi connectivity index (χ1n) is 7.06. The van der Waals surface area contributed by atoms with Crippen molar-refractivity contribution in [2.45, 2.75) is 6.54 Å². The van der Waals surface area contributed by atoms with Gasteiger partial charge < -0.3 is 5.32 Å². The standard InChI is InChI=1S/C17H12Cl2FN3O/c18-14-4-2-1-3-12(14)9-23-10-15(19)16(22-23)21-17(24)11-5-7-13(20)8-6-11/h1-8,10H,9H2,(H,21,22,24). The van der Waals surface area contributed by atoms with Crippen LogP contribution in [0.4, 0.5) is 10.2 Å². The van der Waals surface area contributed by atoms with Gasteiger partial charge in [-0.1, -0.05) is 41.4 Å². The molecular weight excluding hydrogens is 352 g/mol. The molecule has 0 radical (unpaired) electrons. The predicted molar refractivity (Wildman–Crippen MR) is 92.1 cm³/mol. The molecule has 0 saturated carbocycles. The van der Waals surface area contributed by atoms with Gasteiger partial charge in [0, 0.05) is 16.8 Å². The van der Waals surface area contributed by atoms with E-state index in [4.69, 9.17) is 23.2 Å². The van der Waals surface area contributed by atoms with Crippen LogP contribution in [0.25, 0.3) is 0 Å². The Morgan fingerprint density at radius 3 is 2.50 bits per heavy atom. The number of carbonyl (C=O) groups is 1. The molecule has 3 aromatic rings. The Morgan fingerprint density at radius 1 is 1.08 bits per heavy atom. The van der Waals surface area contributed by atoms with E-state index >= 15 is 0 Å². The molecule has 0 aliphatic heterocycles. The molecule has 0 aliphatic rings. The summed E-state index contributed by atoms with van der Waals surface area (Å²) in [4.78, 5) is 12.1. The zero-order valence-corrected chi connectivity index (χ0v) is 13.9. The number of carbonyl (C=O) groups excluding carboxylic acids is 1. The topological polar surface area (TPSA) is 46.9 Å². The van der Waals surface area contributed by atoms with Crippen molar-refractivity contribution in [3.8, 4) is 0 Å². The van der Waals surface area contributed by atoms with Crippen LogP contribution in [0.15, 0.2) is 54.7 Å². The third kappa shape index (κ3) is 3.75. The molecule has 0 atom stereocenters. The number of hydrogen-bond acceptors (Lipinski definition) is 2. The van der Waals surface area contributed by atoms with Crippen molar-refractivity contribution in [1.82, 2.24) is 9.78 Å². The fourth-order valence-electron chi connectivity index (χ4n) is 2.14. The average molecular weight is 364 g/mol. The Kier molecular flexibility index (Phi) is 4.83. The monoisotopic (exact) mass is 363 g/mol. The lowest BCUT2D eigenvalue weighted by Crippen LogP contribution is -2.13. The second kappa shape index (κ2) is 7.03. The van der Waals surface area contributed by atoms with Gasteiger partial charge in [0.15, 0.2) is 5.82 Å². The normalized spacial score (nSPS) is 10.6. The summed E-state index contributed by atoms with van der Waals surface area (Å²) in [5.74, 6) is -0.591. The SMILES string of the molecule is O=C(Nc1nn(Cc2ccccc2Cl)cc1Cl)c1ccc(F)cc1. The quantitative estimate of drug-likeness (QED) is 0.734. The first kappa shape index (κ1) is 16.5. The highest BCUT2D eigenvalue weighted by molar-refractivity contribution is 6.33. The number of nitrogens with one attached hydrogen (secondary N) is 1. The van der Waals surface area contributed by atoms with E-state index in [2.05, 4.69) is 10.4 Å². The van der Waals surface area contributed by atoms with E-state index in [1.54, 1.807) is 16.9 Å². The summed E-state index contributed by atoms with van der Waals surface area (Å²) in [6, 6.07) is 12.6. The van der Waals surface area contributed by atoms with Crippen molar-refractivity contribution in [3.05, 3.63) is 81.7 Å². The average Bonchev–Trinajstić information content (AvgIpc) is 2.90. The van der Waals surface area contributed by atoms with Crippen LogP contribution in [-0.4, -0.2) is 15.7 Å². The van der Waals surface area contributed by atoms with Crippen LogP contribution in [0.2, 0.25) is 10.0 Å². The number of benzene rings is 2. The van der Waals surface area contributed by atoms with E-state index in [1.807, 2.05) is 18.2 Å². The molecule has 0 fully saturated rings. The van der Waals surface area contributed by atoms with Gasteiger partial charge in [-0.2, -0.15) is 5.10 Å². The van der Waals surface area contributed by atoms with E-state index in [0.29, 0.717) is 22.2 Å². The zero-order chi connectivity index (χ0) is 17.1. The molecule has 1 N–H and O–H groups in total. The lowest BCUT2D eigenvalue weighted by molar-refractivity contribution is 0.102. The number of rotatable bonds is 4. The van der Waals surface area contributed by atoms with Crippen molar-refractivity contribution in [2.75, 3.05) is 5.32 Å². The van der Waals surface area contributed by atoms with Gasteiger partial charge in [-0.3, -0.25) is 9.48 Å². The van der Waals surface area contributed by atoms with Gasteiger partial charge in [0.05, 0.1) is 6.54 Å². The van der Waals surface area contributed by atoms with Gasteiger partial charge in [0.25, 0.3) is 5.91 Å². The summed E-state index contributed by atoms with van der Waals surface area (Å²) in [5.41, 5.74) is 1.20. The Balaban J connectivity index is 1.75. The van der Waals surface area contributed by atoms with Gasteiger partial charge in [-0.15, -0.1) is 0 Å². The van der Waals surface area contributed by atoms with Crippen LogP contribution in [0.3, 0.4) is 0 Å². The summed E-state index contributed by atoms with van der Waals surface area (Å²) < 4.78 is 14.5. The molecule has 7 heteroatoms. The molecule has 24 heavy (non-hydrogen) atoms. The first-order valence-corrected chi connectivity index (χ1v) is 7.82. The predicted octanol–water partition coefficient (Wildman–Crippen LogP) is 4.63. The third-order valence-corrected chi connectivity index (χ3v) is 3.99. The van der Waals surface area contributed by atoms with E-state index in [-0.39, 0.29) is 5.82 Å². The number of amides is 1. The van der Waals surface area contributed by atoms with Gasteiger partial charge in [0.2, 0.25) is 0 Å². The first-order chi connectivity index (χ1) is 11.5.